The first-order valence-electron chi connectivity index (χ1n) is 12.6. The summed E-state index contributed by atoms with van der Waals surface area (Å²) >= 11 is 0. The van der Waals surface area contributed by atoms with Crippen molar-refractivity contribution in [3.8, 4) is 0 Å². The number of nitrogens with zero attached hydrogens (tertiary/aromatic N) is 2. The number of fused-ring (bicyclic) bond motifs is 1. The van der Waals surface area contributed by atoms with E-state index >= 15 is 0 Å². The number of urea groups is 1. The topological polar surface area (TPSA) is 102 Å². The number of anilines is 2. The van der Waals surface area contributed by atoms with E-state index in [0.717, 1.165) is 30.3 Å². The summed E-state index contributed by atoms with van der Waals surface area (Å²) in [6.45, 7) is 3.86. The van der Waals surface area contributed by atoms with E-state index in [2.05, 4.69) is 10.6 Å². The first-order chi connectivity index (χ1) is 19.1. The second-order valence-electron chi connectivity index (χ2n) is 9.08. The molecule has 1 fully saturated rings. The molecule has 13 heteroatoms. The van der Waals surface area contributed by atoms with Crippen molar-refractivity contribution in [2.24, 2.45) is 0 Å². The Morgan fingerprint density at radius 1 is 1.05 bits per heavy atom. The summed E-state index contributed by atoms with van der Waals surface area (Å²) in [5, 5.41) is 5.18. The van der Waals surface area contributed by atoms with E-state index in [0.29, 0.717) is 31.8 Å². The number of morpholine rings is 1. The maximum absolute atomic E-state index is 14.1. The van der Waals surface area contributed by atoms with Crippen LogP contribution in [0.3, 0.4) is 0 Å². The number of nitrogens with one attached hydrogen (secondary N) is 2. The fraction of sp³-hybridized carbons (Fsp3) is 0.370. The van der Waals surface area contributed by atoms with Crippen LogP contribution in [0.1, 0.15) is 30.1 Å². The Kier molecular flexibility index (Phi) is 9.05. The van der Waals surface area contributed by atoms with Crippen molar-refractivity contribution < 1.29 is 41.4 Å². The highest BCUT2D eigenvalue weighted by Gasteiger charge is 2.31. The number of hydrogen-bond donors (Lipinski definition) is 2. The van der Waals surface area contributed by atoms with Crippen molar-refractivity contribution in [2.45, 2.75) is 32.0 Å². The summed E-state index contributed by atoms with van der Waals surface area (Å²) in [4.78, 5) is 40.4. The van der Waals surface area contributed by atoms with Crippen molar-refractivity contribution in [1.29, 1.82) is 0 Å². The Morgan fingerprint density at radius 2 is 1.75 bits per heavy atom. The molecule has 0 bridgehead atoms. The van der Waals surface area contributed by atoms with Crippen LogP contribution in [0, 0.1) is 5.82 Å². The minimum absolute atomic E-state index is 0.0425. The lowest BCUT2D eigenvalue weighted by Crippen LogP contribution is -2.48. The number of carbonyl (C=O) groups is 3. The SMILES string of the molecule is CCOC(=O)C(CCC(=O)n1cc(NC(=O)Nc2ccc(C(F)(F)F)cc2)c2cc(F)ccc21)N1CCOCC1. The minimum Gasteiger partial charge on any atom is -0.465 e. The molecule has 214 valence electrons. The molecular formula is C27H28F4N4O5. The Bertz CT molecular complexity index is 1370. The largest absolute Gasteiger partial charge is 0.465 e. The molecule has 4 rings (SSSR count). The predicted octanol–water partition coefficient (Wildman–Crippen LogP) is 5.13. The maximum atomic E-state index is 14.1. The molecule has 0 saturated carbocycles. The third-order valence-corrected chi connectivity index (χ3v) is 6.43. The molecule has 0 aliphatic carbocycles. The van der Waals surface area contributed by atoms with Gasteiger partial charge in [0.25, 0.3) is 0 Å². The van der Waals surface area contributed by atoms with Gasteiger partial charge >= 0.3 is 18.2 Å². The van der Waals surface area contributed by atoms with Crippen molar-refractivity contribution in [3.05, 3.63) is 60.0 Å². The van der Waals surface area contributed by atoms with Gasteiger partial charge in [-0.05, 0) is 55.8 Å². The number of rotatable bonds is 8. The molecule has 1 atom stereocenters. The van der Waals surface area contributed by atoms with Crippen LogP contribution in [-0.4, -0.2) is 66.3 Å². The molecule has 2 aromatic carbocycles. The molecule has 2 heterocycles. The number of alkyl halides is 3. The van der Waals surface area contributed by atoms with Gasteiger partial charge in [-0.1, -0.05) is 0 Å². The lowest BCUT2D eigenvalue weighted by Gasteiger charge is -2.32. The zero-order valence-corrected chi connectivity index (χ0v) is 21.6. The van der Waals surface area contributed by atoms with Crippen LogP contribution in [0.4, 0.5) is 33.7 Å². The zero-order chi connectivity index (χ0) is 28.9. The molecule has 40 heavy (non-hydrogen) atoms. The second-order valence-corrected chi connectivity index (χ2v) is 9.08. The number of carbonyl (C=O) groups excluding carboxylic acids is 3. The van der Waals surface area contributed by atoms with Crippen molar-refractivity contribution in [3.63, 3.8) is 0 Å². The summed E-state index contributed by atoms with van der Waals surface area (Å²) in [5.74, 6) is -1.42. The van der Waals surface area contributed by atoms with E-state index < -0.39 is 41.5 Å². The average Bonchev–Trinajstić information content (AvgIpc) is 3.26. The van der Waals surface area contributed by atoms with Gasteiger partial charge in [0.05, 0.1) is 36.6 Å². The standard InChI is InChI=1S/C27H28F4N4O5/c1-2-40-25(37)23(34-11-13-39-14-12-34)9-10-24(36)35-16-21(20-15-18(28)5-8-22(20)35)33-26(38)32-19-6-3-17(4-7-19)27(29,30)31/h3-8,15-16,23H,2,9-14H2,1H3,(H2,32,33,38). The third kappa shape index (κ3) is 6.96. The molecule has 3 aromatic rings. The summed E-state index contributed by atoms with van der Waals surface area (Å²) in [7, 11) is 0. The van der Waals surface area contributed by atoms with Gasteiger partial charge in [0.15, 0.2) is 0 Å². The first-order valence-corrected chi connectivity index (χ1v) is 12.6. The molecule has 1 saturated heterocycles. The Labute approximate surface area is 227 Å². The summed E-state index contributed by atoms with van der Waals surface area (Å²) in [6, 6.07) is 6.14. The second kappa shape index (κ2) is 12.5. The van der Waals surface area contributed by atoms with Gasteiger partial charge in [-0.3, -0.25) is 19.1 Å². The molecule has 1 unspecified atom stereocenters. The molecule has 1 aromatic heterocycles. The van der Waals surface area contributed by atoms with Crippen LogP contribution in [0.5, 0.6) is 0 Å². The van der Waals surface area contributed by atoms with Gasteiger partial charge in [-0.25, -0.2) is 9.18 Å². The van der Waals surface area contributed by atoms with Gasteiger partial charge < -0.3 is 20.1 Å². The van der Waals surface area contributed by atoms with Crippen molar-refractivity contribution in [2.75, 3.05) is 43.5 Å². The molecule has 0 spiro atoms. The Balaban J connectivity index is 1.50. The zero-order valence-electron chi connectivity index (χ0n) is 21.6. The van der Waals surface area contributed by atoms with Gasteiger partial charge in [-0.15, -0.1) is 0 Å². The molecule has 2 N–H and O–H groups in total. The number of esters is 1. The van der Waals surface area contributed by atoms with E-state index in [4.69, 9.17) is 9.47 Å². The monoisotopic (exact) mass is 564 g/mol. The lowest BCUT2D eigenvalue weighted by molar-refractivity contribution is -0.151. The summed E-state index contributed by atoms with van der Waals surface area (Å²) < 4.78 is 64.3. The highest BCUT2D eigenvalue weighted by atomic mass is 19.4. The number of ether oxygens (including phenoxy) is 2. The number of hydrogen-bond acceptors (Lipinski definition) is 6. The Hall–Kier alpha value is -3.97. The lowest BCUT2D eigenvalue weighted by atomic mass is 10.1. The van der Waals surface area contributed by atoms with Crippen LogP contribution in [0.2, 0.25) is 0 Å². The van der Waals surface area contributed by atoms with E-state index in [1.807, 2.05) is 4.90 Å². The number of benzene rings is 2. The van der Waals surface area contributed by atoms with Gasteiger partial charge in [0, 0.05) is 36.8 Å². The summed E-state index contributed by atoms with van der Waals surface area (Å²) in [6.07, 6.45) is -3.04. The molecule has 9 nitrogen and oxygen atoms in total. The summed E-state index contributed by atoms with van der Waals surface area (Å²) in [5.41, 5.74) is -0.323. The van der Waals surface area contributed by atoms with Crippen molar-refractivity contribution in [1.82, 2.24) is 9.47 Å². The predicted molar refractivity (Wildman–Crippen MR) is 139 cm³/mol. The Morgan fingerprint density at radius 3 is 2.40 bits per heavy atom. The van der Waals surface area contributed by atoms with Gasteiger partial charge in [0.1, 0.15) is 11.9 Å². The quantitative estimate of drug-likeness (QED) is 0.291. The maximum Gasteiger partial charge on any atom is 0.416 e. The highest BCUT2D eigenvalue weighted by Crippen LogP contribution is 2.30. The minimum atomic E-state index is -4.52. The fourth-order valence-corrected chi connectivity index (χ4v) is 4.49. The van der Waals surface area contributed by atoms with Crippen molar-refractivity contribution >= 4 is 40.2 Å². The van der Waals surface area contributed by atoms with E-state index in [-0.39, 0.29) is 36.2 Å². The fourth-order valence-electron chi connectivity index (χ4n) is 4.49. The van der Waals surface area contributed by atoms with Crippen LogP contribution in [0.15, 0.2) is 48.7 Å². The number of halogens is 4. The molecule has 0 radical (unpaired) electrons. The average molecular weight is 565 g/mol. The van der Waals surface area contributed by atoms with Crippen LogP contribution in [-0.2, 0) is 20.4 Å². The van der Waals surface area contributed by atoms with Crippen LogP contribution >= 0.6 is 0 Å². The van der Waals surface area contributed by atoms with Gasteiger partial charge in [0.2, 0.25) is 5.91 Å². The number of amides is 2. The molecular weight excluding hydrogens is 536 g/mol. The highest BCUT2D eigenvalue weighted by molar-refractivity contribution is 6.08. The van der Waals surface area contributed by atoms with Crippen LogP contribution < -0.4 is 10.6 Å². The smallest absolute Gasteiger partial charge is 0.416 e. The van der Waals surface area contributed by atoms with Crippen LogP contribution in [0.25, 0.3) is 10.9 Å². The third-order valence-electron chi connectivity index (χ3n) is 6.43. The van der Waals surface area contributed by atoms with E-state index in [9.17, 15) is 31.9 Å². The van der Waals surface area contributed by atoms with E-state index in [1.54, 1.807) is 6.92 Å². The van der Waals surface area contributed by atoms with E-state index in [1.165, 1.54) is 22.9 Å². The molecule has 1 aliphatic heterocycles. The molecule has 1 aliphatic rings. The first kappa shape index (κ1) is 29.0. The van der Waals surface area contributed by atoms with Gasteiger partial charge in [-0.2, -0.15) is 13.2 Å². The number of aromatic nitrogens is 1. The normalized spacial score (nSPS) is 15.0. The molecule has 2 amide bonds.